The van der Waals surface area contributed by atoms with Crippen molar-refractivity contribution in [3.63, 3.8) is 0 Å². The Labute approximate surface area is 135 Å². The van der Waals surface area contributed by atoms with E-state index in [1.54, 1.807) is 0 Å². The van der Waals surface area contributed by atoms with Gasteiger partial charge in [0.25, 0.3) is 0 Å². The van der Waals surface area contributed by atoms with E-state index in [4.69, 9.17) is 0 Å². The number of Topliss-reactive ketones (excluding diaryl/α,β-unsaturated/α-hetero) is 1. The van der Waals surface area contributed by atoms with Crippen molar-refractivity contribution in [1.82, 2.24) is 0 Å². The summed E-state index contributed by atoms with van der Waals surface area (Å²) in [6.45, 7) is 6.29. The first kappa shape index (κ1) is 16.0. The highest BCUT2D eigenvalue weighted by atomic mass is 79.9. The third-order valence-electron chi connectivity index (χ3n) is 3.34. The Bertz CT molecular complexity index is 621. The normalized spacial score (nSPS) is 11.4. The summed E-state index contributed by atoms with van der Waals surface area (Å²) < 4.78 is 0. The van der Waals surface area contributed by atoms with Gasteiger partial charge in [0.05, 0.1) is 0 Å². The minimum Gasteiger partial charge on any atom is -0.294 e. The lowest BCUT2D eigenvalue weighted by atomic mass is 9.85. The molecule has 2 aromatic rings. The largest absolute Gasteiger partial charge is 0.294 e. The van der Waals surface area contributed by atoms with Crippen LogP contribution in [0.2, 0.25) is 0 Å². The minimum atomic E-state index is 0.00398. The van der Waals surface area contributed by atoms with Gasteiger partial charge in [-0.2, -0.15) is 0 Å². The van der Waals surface area contributed by atoms with E-state index in [0.29, 0.717) is 6.42 Å². The average molecular weight is 345 g/mol. The van der Waals surface area contributed by atoms with Crippen molar-refractivity contribution in [3.05, 3.63) is 59.7 Å². The highest BCUT2D eigenvalue weighted by Crippen LogP contribution is 2.28. The first-order chi connectivity index (χ1) is 9.90. The van der Waals surface area contributed by atoms with Crippen LogP contribution in [0.25, 0.3) is 11.1 Å². The van der Waals surface area contributed by atoms with E-state index in [9.17, 15) is 4.79 Å². The van der Waals surface area contributed by atoms with Gasteiger partial charge in [-0.1, -0.05) is 85.2 Å². The molecule has 0 aliphatic carbocycles. The second kappa shape index (κ2) is 6.57. The molecule has 0 atom stereocenters. The van der Waals surface area contributed by atoms with E-state index in [1.807, 2.05) is 24.3 Å². The smallest absolute Gasteiger partial charge is 0.164 e. The van der Waals surface area contributed by atoms with Crippen LogP contribution in [0.15, 0.2) is 48.5 Å². The maximum absolute atomic E-state index is 12.6. The standard InChI is InChI=1S/C19H21BrO/c1-19(2,3)12-18(21)17-7-5-4-6-16(17)15-10-8-14(13-20)9-11-15/h4-11H,12-13H2,1-3H3. The zero-order chi connectivity index (χ0) is 15.5. The molecule has 0 fully saturated rings. The van der Waals surface area contributed by atoms with Crippen molar-refractivity contribution in [2.24, 2.45) is 5.41 Å². The topological polar surface area (TPSA) is 17.1 Å². The number of rotatable bonds is 4. The summed E-state index contributed by atoms with van der Waals surface area (Å²) in [6.07, 6.45) is 0.559. The molecule has 2 heteroatoms. The molecule has 0 spiro atoms. The molecular formula is C19H21BrO. The van der Waals surface area contributed by atoms with Gasteiger partial charge in [0, 0.05) is 17.3 Å². The molecule has 1 nitrogen and oxygen atoms in total. The second-order valence-electron chi connectivity index (χ2n) is 6.54. The van der Waals surface area contributed by atoms with E-state index >= 15 is 0 Å². The summed E-state index contributed by atoms with van der Waals surface area (Å²) in [6, 6.07) is 16.2. The Hall–Kier alpha value is -1.41. The lowest BCUT2D eigenvalue weighted by Gasteiger charge is -2.18. The number of carbonyl (C=O) groups excluding carboxylic acids is 1. The number of hydrogen-bond donors (Lipinski definition) is 0. The van der Waals surface area contributed by atoms with Crippen molar-refractivity contribution >= 4 is 21.7 Å². The molecule has 110 valence electrons. The Morgan fingerprint density at radius 2 is 1.62 bits per heavy atom. The number of halogens is 1. The third-order valence-corrected chi connectivity index (χ3v) is 3.99. The van der Waals surface area contributed by atoms with Crippen molar-refractivity contribution < 1.29 is 4.79 Å². The quantitative estimate of drug-likeness (QED) is 0.500. The third kappa shape index (κ3) is 4.28. The van der Waals surface area contributed by atoms with E-state index in [0.717, 1.165) is 22.0 Å². The van der Waals surface area contributed by atoms with Crippen LogP contribution in [0, 0.1) is 5.41 Å². The predicted molar refractivity (Wildman–Crippen MR) is 92.9 cm³/mol. The number of carbonyl (C=O) groups is 1. The van der Waals surface area contributed by atoms with Crippen LogP contribution in [-0.4, -0.2) is 5.78 Å². The van der Waals surface area contributed by atoms with Crippen LogP contribution in [0.4, 0.5) is 0 Å². The average Bonchev–Trinajstić information content (AvgIpc) is 2.45. The summed E-state index contributed by atoms with van der Waals surface area (Å²) in [5, 5.41) is 0.845. The Morgan fingerprint density at radius 1 is 1.00 bits per heavy atom. The van der Waals surface area contributed by atoms with E-state index in [1.165, 1.54) is 5.56 Å². The number of alkyl halides is 1. The van der Waals surface area contributed by atoms with Crippen LogP contribution >= 0.6 is 15.9 Å². The van der Waals surface area contributed by atoms with Crippen LogP contribution in [0.1, 0.15) is 43.1 Å². The summed E-state index contributed by atoms with van der Waals surface area (Å²) in [4.78, 5) is 12.6. The first-order valence-electron chi connectivity index (χ1n) is 7.18. The van der Waals surface area contributed by atoms with Gasteiger partial charge in [0.2, 0.25) is 0 Å². The molecular weight excluding hydrogens is 324 g/mol. The fraction of sp³-hybridized carbons (Fsp3) is 0.316. The molecule has 0 bridgehead atoms. The molecule has 0 N–H and O–H groups in total. The van der Waals surface area contributed by atoms with E-state index < -0.39 is 0 Å². The SMILES string of the molecule is CC(C)(C)CC(=O)c1ccccc1-c1ccc(CBr)cc1. The van der Waals surface area contributed by atoms with Gasteiger partial charge >= 0.3 is 0 Å². The Balaban J connectivity index is 2.38. The van der Waals surface area contributed by atoms with Gasteiger partial charge in [-0.3, -0.25) is 4.79 Å². The first-order valence-corrected chi connectivity index (χ1v) is 8.30. The van der Waals surface area contributed by atoms with Crippen LogP contribution < -0.4 is 0 Å². The highest BCUT2D eigenvalue weighted by molar-refractivity contribution is 9.08. The Kier molecular flexibility index (Phi) is 5.00. The maximum atomic E-state index is 12.6. The predicted octanol–water partition coefficient (Wildman–Crippen LogP) is 5.87. The summed E-state index contributed by atoms with van der Waals surface area (Å²) in [7, 11) is 0. The zero-order valence-electron chi connectivity index (χ0n) is 12.8. The van der Waals surface area contributed by atoms with Crippen LogP contribution in [0.5, 0.6) is 0 Å². The molecule has 0 radical (unpaired) electrons. The molecule has 2 rings (SSSR count). The van der Waals surface area contributed by atoms with Crippen molar-refractivity contribution in [1.29, 1.82) is 0 Å². The molecule has 0 saturated carbocycles. The number of ketones is 1. The van der Waals surface area contributed by atoms with Gasteiger partial charge in [-0.25, -0.2) is 0 Å². The number of hydrogen-bond acceptors (Lipinski definition) is 1. The fourth-order valence-electron chi connectivity index (χ4n) is 2.33. The van der Waals surface area contributed by atoms with Gasteiger partial charge in [0.1, 0.15) is 0 Å². The molecule has 0 heterocycles. The van der Waals surface area contributed by atoms with E-state index in [2.05, 4.69) is 61.0 Å². The zero-order valence-corrected chi connectivity index (χ0v) is 14.4. The molecule has 0 aromatic heterocycles. The summed E-state index contributed by atoms with van der Waals surface area (Å²) in [5.74, 6) is 0.211. The monoisotopic (exact) mass is 344 g/mol. The summed E-state index contributed by atoms with van der Waals surface area (Å²) >= 11 is 3.45. The molecule has 0 aliphatic heterocycles. The molecule has 0 amide bonds. The molecule has 21 heavy (non-hydrogen) atoms. The van der Waals surface area contributed by atoms with Gasteiger partial charge in [0.15, 0.2) is 5.78 Å². The highest BCUT2D eigenvalue weighted by Gasteiger charge is 2.19. The lowest BCUT2D eigenvalue weighted by molar-refractivity contribution is 0.0940. The Morgan fingerprint density at radius 3 is 2.19 bits per heavy atom. The van der Waals surface area contributed by atoms with Crippen LogP contribution in [-0.2, 0) is 5.33 Å². The van der Waals surface area contributed by atoms with Gasteiger partial charge in [-0.15, -0.1) is 0 Å². The molecule has 2 aromatic carbocycles. The summed E-state index contributed by atoms with van der Waals surface area (Å²) in [5.41, 5.74) is 4.17. The molecule has 0 unspecified atom stereocenters. The van der Waals surface area contributed by atoms with Crippen molar-refractivity contribution in [2.45, 2.75) is 32.5 Å². The lowest BCUT2D eigenvalue weighted by Crippen LogP contribution is -2.13. The molecule has 0 aliphatic rings. The van der Waals surface area contributed by atoms with Crippen molar-refractivity contribution in [3.8, 4) is 11.1 Å². The minimum absolute atomic E-state index is 0.00398. The van der Waals surface area contributed by atoms with Gasteiger partial charge < -0.3 is 0 Å². The fourth-order valence-corrected chi connectivity index (χ4v) is 2.70. The number of benzene rings is 2. The van der Waals surface area contributed by atoms with Crippen molar-refractivity contribution in [2.75, 3.05) is 0 Å². The molecule has 0 saturated heterocycles. The maximum Gasteiger partial charge on any atom is 0.164 e. The van der Waals surface area contributed by atoms with Crippen LogP contribution in [0.3, 0.4) is 0 Å². The van der Waals surface area contributed by atoms with Gasteiger partial charge in [-0.05, 0) is 22.1 Å². The van der Waals surface area contributed by atoms with E-state index in [-0.39, 0.29) is 11.2 Å². The second-order valence-corrected chi connectivity index (χ2v) is 7.10.